The Bertz CT molecular complexity index is 905. The molecule has 0 heterocycles. The van der Waals surface area contributed by atoms with Gasteiger partial charge in [-0.3, -0.25) is 9.59 Å². The summed E-state index contributed by atoms with van der Waals surface area (Å²) in [5, 5.41) is 4.98. The summed E-state index contributed by atoms with van der Waals surface area (Å²) in [6.45, 7) is 5.20. The molecule has 0 unspecified atom stereocenters. The van der Waals surface area contributed by atoms with Gasteiger partial charge in [0.25, 0.3) is 0 Å². The first-order valence-corrected chi connectivity index (χ1v) is 20.0. The van der Waals surface area contributed by atoms with E-state index in [-0.39, 0.29) is 18.9 Å². The molecular weight excluding hydrogens is 600 g/mol. The third kappa shape index (κ3) is 27.4. The number of hydrogen-bond acceptors (Lipinski definition) is 5. The van der Waals surface area contributed by atoms with Crippen LogP contribution in [-0.4, -0.2) is 44.1 Å². The summed E-state index contributed by atoms with van der Waals surface area (Å²) >= 11 is 0. The number of nitrogens with one attached hydrogen (secondary N) is 2. The van der Waals surface area contributed by atoms with Crippen LogP contribution in [0.25, 0.3) is 0 Å². The van der Waals surface area contributed by atoms with Gasteiger partial charge in [-0.25, -0.2) is 4.79 Å². The van der Waals surface area contributed by atoms with E-state index in [0.717, 1.165) is 25.0 Å². The summed E-state index contributed by atoms with van der Waals surface area (Å²) in [5.74, 6) is 0.0644. The number of hydrogen-bond donors (Lipinski definition) is 2. The number of ketones is 1. The number of urea groups is 1. The Hall–Kier alpha value is -2.57. The van der Waals surface area contributed by atoms with E-state index in [0.29, 0.717) is 18.8 Å². The second-order valence-corrected chi connectivity index (χ2v) is 13.5. The SMILES string of the molecule is CCCCCCCCCCCCCCCCCCOC(=O)CNC(=O)NCC(=O)c1ccc(OCCCCCCCCCCCC)cc1. The van der Waals surface area contributed by atoms with Gasteiger partial charge >= 0.3 is 12.0 Å². The van der Waals surface area contributed by atoms with Crippen molar-refractivity contribution in [3.63, 3.8) is 0 Å². The third-order valence-electron chi connectivity index (χ3n) is 9.01. The fourth-order valence-electron chi connectivity index (χ4n) is 5.88. The predicted molar refractivity (Wildman–Crippen MR) is 200 cm³/mol. The second kappa shape index (κ2) is 33.0. The Balaban J connectivity index is 1.94. The maximum absolute atomic E-state index is 12.5. The minimum Gasteiger partial charge on any atom is -0.494 e. The molecule has 2 amide bonds. The Kier molecular flexibility index (Phi) is 29.8. The highest BCUT2D eigenvalue weighted by Crippen LogP contribution is 2.16. The lowest BCUT2D eigenvalue weighted by Crippen LogP contribution is -2.41. The Morgan fingerprint density at radius 1 is 0.479 bits per heavy atom. The molecule has 1 aromatic rings. The van der Waals surface area contributed by atoms with Gasteiger partial charge in [-0.2, -0.15) is 0 Å². The molecule has 1 rings (SSSR count). The highest BCUT2D eigenvalue weighted by Gasteiger charge is 2.10. The molecule has 1 aromatic carbocycles. The molecule has 7 heteroatoms. The van der Waals surface area contributed by atoms with Gasteiger partial charge in [-0.1, -0.05) is 168 Å². The molecular formula is C41H72N2O5. The lowest BCUT2D eigenvalue weighted by molar-refractivity contribution is -0.142. The molecule has 0 aliphatic carbocycles. The van der Waals surface area contributed by atoms with E-state index in [1.807, 2.05) is 0 Å². The van der Waals surface area contributed by atoms with E-state index in [1.54, 1.807) is 24.3 Å². The van der Waals surface area contributed by atoms with Crippen LogP contribution in [0.4, 0.5) is 4.79 Å². The van der Waals surface area contributed by atoms with Crippen molar-refractivity contribution in [3.8, 4) is 5.75 Å². The second-order valence-electron chi connectivity index (χ2n) is 13.5. The summed E-state index contributed by atoms with van der Waals surface area (Å²) in [7, 11) is 0. The van der Waals surface area contributed by atoms with Crippen LogP contribution in [0.5, 0.6) is 5.75 Å². The number of Topliss-reactive ketones (excluding diaryl/α,β-unsaturated/α-hetero) is 1. The van der Waals surface area contributed by atoms with E-state index in [2.05, 4.69) is 24.5 Å². The number of unbranched alkanes of at least 4 members (excludes halogenated alkanes) is 24. The predicted octanol–water partition coefficient (Wildman–Crippen LogP) is 11.3. The molecule has 0 aliphatic heterocycles. The molecule has 0 saturated heterocycles. The zero-order chi connectivity index (χ0) is 34.8. The van der Waals surface area contributed by atoms with E-state index < -0.39 is 12.0 Å². The lowest BCUT2D eigenvalue weighted by atomic mass is 10.0. The van der Waals surface area contributed by atoms with Crippen LogP contribution < -0.4 is 15.4 Å². The zero-order valence-corrected chi connectivity index (χ0v) is 31.1. The zero-order valence-electron chi connectivity index (χ0n) is 31.1. The number of benzene rings is 1. The summed E-state index contributed by atoms with van der Waals surface area (Å²) in [4.78, 5) is 36.5. The highest BCUT2D eigenvalue weighted by atomic mass is 16.5. The van der Waals surface area contributed by atoms with Crippen LogP contribution >= 0.6 is 0 Å². The van der Waals surface area contributed by atoms with Crippen LogP contribution in [0.15, 0.2) is 24.3 Å². The molecule has 0 atom stereocenters. The van der Waals surface area contributed by atoms with Crippen LogP contribution in [0.3, 0.4) is 0 Å². The fourth-order valence-corrected chi connectivity index (χ4v) is 5.88. The quantitative estimate of drug-likeness (QED) is 0.0432. The number of esters is 1. The summed E-state index contributed by atoms with van der Waals surface area (Å²) in [5.41, 5.74) is 0.500. The van der Waals surface area contributed by atoms with Gasteiger partial charge in [-0.15, -0.1) is 0 Å². The van der Waals surface area contributed by atoms with Crippen molar-refractivity contribution >= 4 is 17.8 Å². The van der Waals surface area contributed by atoms with Gasteiger partial charge < -0.3 is 20.1 Å². The number of carbonyl (C=O) groups is 3. The van der Waals surface area contributed by atoms with Gasteiger partial charge in [0, 0.05) is 5.56 Å². The third-order valence-corrected chi connectivity index (χ3v) is 9.01. The maximum Gasteiger partial charge on any atom is 0.325 e. The first-order valence-electron chi connectivity index (χ1n) is 20.0. The fraction of sp³-hybridized carbons (Fsp3) is 0.780. The Labute approximate surface area is 294 Å². The average molecular weight is 673 g/mol. The summed E-state index contributed by atoms with van der Waals surface area (Å²) in [6.07, 6.45) is 33.6. The van der Waals surface area contributed by atoms with Crippen molar-refractivity contribution in [1.29, 1.82) is 0 Å². The van der Waals surface area contributed by atoms with Crippen LogP contribution in [0, 0.1) is 0 Å². The average Bonchev–Trinajstić information content (AvgIpc) is 3.10. The van der Waals surface area contributed by atoms with Crippen molar-refractivity contribution in [3.05, 3.63) is 29.8 Å². The normalized spacial score (nSPS) is 11.0. The number of ether oxygens (including phenoxy) is 2. The highest BCUT2D eigenvalue weighted by molar-refractivity contribution is 5.99. The van der Waals surface area contributed by atoms with Gasteiger partial charge in [0.05, 0.1) is 19.8 Å². The van der Waals surface area contributed by atoms with Gasteiger partial charge in [0.15, 0.2) is 5.78 Å². The summed E-state index contributed by atoms with van der Waals surface area (Å²) < 4.78 is 11.0. The minimum atomic E-state index is -0.570. The van der Waals surface area contributed by atoms with Crippen molar-refractivity contribution in [2.45, 2.75) is 181 Å². The molecule has 0 spiro atoms. The van der Waals surface area contributed by atoms with Crippen molar-refractivity contribution in [2.75, 3.05) is 26.3 Å². The number of carbonyl (C=O) groups excluding carboxylic acids is 3. The van der Waals surface area contributed by atoms with Crippen molar-refractivity contribution in [1.82, 2.24) is 10.6 Å². The van der Waals surface area contributed by atoms with Crippen molar-refractivity contribution < 1.29 is 23.9 Å². The molecule has 0 aliphatic rings. The smallest absolute Gasteiger partial charge is 0.325 e. The van der Waals surface area contributed by atoms with E-state index in [4.69, 9.17) is 9.47 Å². The summed E-state index contributed by atoms with van der Waals surface area (Å²) in [6, 6.07) is 6.44. The molecule has 2 N–H and O–H groups in total. The van der Waals surface area contributed by atoms with E-state index in [1.165, 1.54) is 148 Å². The molecule has 0 aromatic heterocycles. The largest absolute Gasteiger partial charge is 0.494 e. The van der Waals surface area contributed by atoms with E-state index >= 15 is 0 Å². The van der Waals surface area contributed by atoms with Crippen LogP contribution in [-0.2, 0) is 9.53 Å². The Morgan fingerprint density at radius 2 is 0.854 bits per heavy atom. The Morgan fingerprint density at radius 3 is 1.29 bits per heavy atom. The van der Waals surface area contributed by atoms with Crippen LogP contribution in [0.1, 0.15) is 191 Å². The molecule has 48 heavy (non-hydrogen) atoms. The topological polar surface area (TPSA) is 93.7 Å². The molecule has 0 bridgehead atoms. The van der Waals surface area contributed by atoms with E-state index in [9.17, 15) is 14.4 Å². The van der Waals surface area contributed by atoms with Gasteiger partial charge in [-0.05, 0) is 37.1 Å². The molecule has 0 radical (unpaired) electrons. The van der Waals surface area contributed by atoms with Crippen LogP contribution in [0.2, 0.25) is 0 Å². The molecule has 7 nitrogen and oxygen atoms in total. The van der Waals surface area contributed by atoms with Gasteiger partial charge in [0.2, 0.25) is 0 Å². The molecule has 0 fully saturated rings. The lowest BCUT2D eigenvalue weighted by Gasteiger charge is -2.09. The maximum atomic E-state index is 12.5. The first kappa shape index (κ1) is 43.5. The number of rotatable bonds is 34. The number of amides is 2. The molecule has 0 saturated carbocycles. The molecule has 276 valence electrons. The minimum absolute atomic E-state index is 0.154. The monoisotopic (exact) mass is 673 g/mol. The standard InChI is InChI=1S/C41H72N2O5/c1-3-5-7-9-11-13-15-16-17-18-19-20-22-24-26-28-34-48-40(45)36-43-41(46)42-35-39(44)37-29-31-38(32-30-37)47-33-27-25-23-21-14-12-10-8-6-4-2/h29-32H,3-28,33-36H2,1-2H3,(H2,42,43,46). The van der Waals surface area contributed by atoms with Gasteiger partial charge in [0.1, 0.15) is 12.3 Å². The first-order chi connectivity index (χ1) is 23.6. The van der Waals surface area contributed by atoms with Crippen molar-refractivity contribution in [2.24, 2.45) is 0 Å².